The summed E-state index contributed by atoms with van der Waals surface area (Å²) < 4.78 is 1.83. The Labute approximate surface area is 156 Å². The summed E-state index contributed by atoms with van der Waals surface area (Å²) in [6, 6.07) is 14.0. The molecule has 130 valence electrons. The summed E-state index contributed by atoms with van der Waals surface area (Å²) in [7, 11) is 1.91. The van der Waals surface area contributed by atoms with Crippen molar-refractivity contribution in [2.24, 2.45) is 7.05 Å². The fourth-order valence-corrected chi connectivity index (χ4v) is 4.05. The van der Waals surface area contributed by atoms with Crippen LogP contribution in [0.15, 0.2) is 58.3 Å². The van der Waals surface area contributed by atoms with Gasteiger partial charge in [0.1, 0.15) is 0 Å². The monoisotopic (exact) mass is 361 g/mol. The van der Waals surface area contributed by atoms with E-state index >= 15 is 0 Å². The highest BCUT2D eigenvalue weighted by Gasteiger charge is 2.16. The number of allylic oxidation sites excluding steroid dienone is 1. The Hall–Kier alpha value is -2.79. The molecule has 4 rings (SSSR count). The Kier molecular flexibility index (Phi) is 4.17. The van der Waals surface area contributed by atoms with Crippen molar-refractivity contribution >= 4 is 35.0 Å². The highest BCUT2D eigenvalue weighted by atomic mass is 32.2. The predicted octanol–water partition coefficient (Wildman–Crippen LogP) is 5.14. The fraction of sp³-hybridized carbons (Fsp3) is 0.143. The molecule has 1 N–H and O–H groups in total. The molecule has 26 heavy (non-hydrogen) atoms. The largest absolute Gasteiger partial charge is 0.354 e. The molecule has 0 saturated heterocycles. The highest BCUT2D eigenvalue weighted by molar-refractivity contribution is 7.99. The van der Waals surface area contributed by atoms with Gasteiger partial charge in [0.2, 0.25) is 0 Å². The lowest BCUT2D eigenvalue weighted by Crippen LogP contribution is -2.02. The number of para-hydroxylation sites is 1. The van der Waals surface area contributed by atoms with Crippen molar-refractivity contribution in [3.63, 3.8) is 0 Å². The summed E-state index contributed by atoms with van der Waals surface area (Å²) in [4.78, 5) is 15.0. The molecule has 2 heterocycles. The van der Waals surface area contributed by atoms with Crippen LogP contribution in [0.25, 0.3) is 6.08 Å². The van der Waals surface area contributed by atoms with Crippen LogP contribution < -0.4 is 5.32 Å². The first-order valence-electron chi connectivity index (χ1n) is 8.43. The van der Waals surface area contributed by atoms with Gasteiger partial charge in [0.15, 0.2) is 5.78 Å². The summed E-state index contributed by atoms with van der Waals surface area (Å²) in [5.74, 6) is -0.0129. The van der Waals surface area contributed by atoms with E-state index in [0.717, 1.165) is 33.2 Å². The lowest BCUT2D eigenvalue weighted by molar-refractivity contribution is 0.104. The molecule has 0 atom stereocenters. The molecule has 3 aromatic rings. The summed E-state index contributed by atoms with van der Waals surface area (Å²) in [5.41, 5.74) is 5.70. The molecule has 0 amide bonds. The second-order valence-electron chi connectivity index (χ2n) is 6.34. The quantitative estimate of drug-likeness (QED) is 0.405. The Balaban J connectivity index is 1.59. The second kappa shape index (κ2) is 6.50. The predicted molar refractivity (Wildman–Crippen MR) is 106 cm³/mol. The van der Waals surface area contributed by atoms with Crippen LogP contribution in [0.1, 0.15) is 27.3 Å². The highest BCUT2D eigenvalue weighted by Crippen LogP contribution is 2.44. The third-order valence-corrected chi connectivity index (χ3v) is 5.76. The maximum absolute atomic E-state index is 12.6. The number of anilines is 2. The van der Waals surface area contributed by atoms with Gasteiger partial charge in [0, 0.05) is 33.7 Å². The van der Waals surface area contributed by atoms with Crippen molar-refractivity contribution in [1.29, 1.82) is 0 Å². The maximum Gasteiger partial charge on any atom is 0.185 e. The molecule has 1 aromatic heterocycles. The third kappa shape index (κ3) is 2.95. The number of nitrogens with one attached hydrogen (secondary N) is 1. The molecule has 0 unspecified atom stereocenters. The summed E-state index contributed by atoms with van der Waals surface area (Å²) in [6.45, 7) is 3.95. The first-order valence-corrected chi connectivity index (χ1v) is 9.25. The summed E-state index contributed by atoms with van der Waals surface area (Å²) in [5, 5.41) is 7.80. The molecule has 0 radical (unpaired) electrons. The van der Waals surface area contributed by atoms with Gasteiger partial charge in [-0.25, -0.2) is 0 Å². The van der Waals surface area contributed by atoms with Crippen LogP contribution in [0.3, 0.4) is 0 Å². The molecule has 4 nitrogen and oxygen atoms in total. The molecule has 1 aliphatic heterocycles. The van der Waals surface area contributed by atoms with Crippen molar-refractivity contribution in [2.75, 3.05) is 5.32 Å². The van der Waals surface area contributed by atoms with E-state index in [2.05, 4.69) is 16.5 Å². The molecule has 0 fully saturated rings. The first kappa shape index (κ1) is 16.7. The minimum absolute atomic E-state index is 0.0129. The first-order chi connectivity index (χ1) is 12.5. The van der Waals surface area contributed by atoms with Gasteiger partial charge in [-0.2, -0.15) is 5.10 Å². The van der Waals surface area contributed by atoms with Crippen LogP contribution in [0, 0.1) is 13.8 Å². The van der Waals surface area contributed by atoms with E-state index in [1.54, 1.807) is 17.8 Å². The van der Waals surface area contributed by atoms with Crippen molar-refractivity contribution in [3.05, 3.63) is 71.1 Å². The number of carbonyl (C=O) groups excluding carboxylic acids is 1. The molecular weight excluding hydrogens is 342 g/mol. The number of ketones is 1. The van der Waals surface area contributed by atoms with E-state index in [-0.39, 0.29) is 5.78 Å². The van der Waals surface area contributed by atoms with Crippen LogP contribution in [-0.2, 0) is 7.05 Å². The van der Waals surface area contributed by atoms with Crippen molar-refractivity contribution < 1.29 is 4.79 Å². The smallest absolute Gasteiger partial charge is 0.185 e. The van der Waals surface area contributed by atoms with Gasteiger partial charge in [-0.3, -0.25) is 9.48 Å². The number of hydrogen-bond donors (Lipinski definition) is 1. The minimum atomic E-state index is -0.0129. The van der Waals surface area contributed by atoms with E-state index in [9.17, 15) is 4.79 Å². The van der Waals surface area contributed by atoms with Gasteiger partial charge in [-0.05, 0) is 56.3 Å². The fourth-order valence-electron chi connectivity index (χ4n) is 3.08. The van der Waals surface area contributed by atoms with E-state index < -0.39 is 0 Å². The zero-order valence-corrected chi connectivity index (χ0v) is 15.7. The van der Waals surface area contributed by atoms with E-state index in [1.165, 1.54) is 4.90 Å². The van der Waals surface area contributed by atoms with E-state index in [4.69, 9.17) is 0 Å². The van der Waals surface area contributed by atoms with Gasteiger partial charge in [0.25, 0.3) is 0 Å². The van der Waals surface area contributed by atoms with E-state index in [1.807, 2.05) is 68.1 Å². The second-order valence-corrected chi connectivity index (χ2v) is 7.42. The third-order valence-electron chi connectivity index (χ3n) is 4.61. The topological polar surface area (TPSA) is 46.9 Å². The number of rotatable bonds is 3. The number of nitrogens with zero attached hydrogens (tertiary/aromatic N) is 2. The van der Waals surface area contributed by atoms with Gasteiger partial charge in [0.05, 0.1) is 17.1 Å². The number of benzene rings is 2. The molecule has 0 aliphatic carbocycles. The zero-order valence-electron chi connectivity index (χ0n) is 14.9. The molecular formula is C21H19N3OS. The molecule has 0 saturated carbocycles. The molecule has 2 aromatic carbocycles. The summed E-state index contributed by atoms with van der Waals surface area (Å²) >= 11 is 1.72. The number of aryl methyl sites for hydroxylation is 2. The molecule has 0 spiro atoms. The lowest BCUT2D eigenvalue weighted by Gasteiger charge is -2.20. The van der Waals surface area contributed by atoms with Crippen LogP contribution in [0.5, 0.6) is 0 Å². The minimum Gasteiger partial charge on any atom is -0.354 e. The van der Waals surface area contributed by atoms with Gasteiger partial charge >= 0.3 is 0 Å². The normalized spacial score (nSPS) is 12.6. The molecule has 5 heteroatoms. The van der Waals surface area contributed by atoms with E-state index in [0.29, 0.717) is 5.56 Å². The van der Waals surface area contributed by atoms with Crippen molar-refractivity contribution in [2.45, 2.75) is 23.6 Å². The average molecular weight is 361 g/mol. The van der Waals surface area contributed by atoms with Crippen LogP contribution in [-0.4, -0.2) is 15.6 Å². The molecule has 1 aliphatic rings. The van der Waals surface area contributed by atoms with Crippen molar-refractivity contribution in [3.8, 4) is 0 Å². The van der Waals surface area contributed by atoms with Crippen molar-refractivity contribution in [1.82, 2.24) is 9.78 Å². The SMILES string of the molecule is Cc1nn(C)c(C)c1/C=C/C(=O)c1ccc2c(c1)Nc1ccccc1S2. The Morgan fingerprint density at radius 3 is 2.65 bits per heavy atom. The van der Waals surface area contributed by atoms with Crippen LogP contribution in [0.4, 0.5) is 11.4 Å². The lowest BCUT2D eigenvalue weighted by atomic mass is 10.1. The van der Waals surface area contributed by atoms with Gasteiger partial charge in [-0.15, -0.1) is 0 Å². The summed E-state index contributed by atoms with van der Waals surface area (Å²) in [6.07, 6.45) is 3.49. The number of hydrogen-bond acceptors (Lipinski definition) is 4. The van der Waals surface area contributed by atoms with Crippen LogP contribution in [0.2, 0.25) is 0 Å². The number of fused-ring (bicyclic) bond motifs is 2. The average Bonchev–Trinajstić information content (AvgIpc) is 2.89. The van der Waals surface area contributed by atoms with Crippen LogP contribution >= 0.6 is 11.8 Å². The van der Waals surface area contributed by atoms with Gasteiger partial charge < -0.3 is 5.32 Å². The Morgan fingerprint density at radius 1 is 1.12 bits per heavy atom. The maximum atomic E-state index is 12.6. The standard InChI is InChI=1S/C21H19N3OS/c1-13-16(14(2)24(3)23-13)9-10-19(25)15-8-11-21-18(12-15)22-17-6-4-5-7-20(17)26-21/h4-12,22H,1-3H3/b10-9+. The number of carbonyl (C=O) groups is 1. The Bertz CT molecular complexity index is 1050. The Morgan fingerprint density at radius 2 is 1.88 bits per heavy atom. The number of aromatic nitrogens is 2. The zero-order chi connectivity index (χ0) is 18.3. The van der Waals surface area contributed by atoms with Gasteiger partial charge in [-0.1, -0.05) is 23.9 Å². The molecule has 0 bridgehead atoms.